The fraction of sp³-hybridized carbons (Fsp3) is 0.200. The van der Waals surface area contributed by atoms with Gasteiger partial charge in [0, 0.05) is 6.42 Å². The monoisotopic (exact) mass is 191 g/mol. The van der Waals surface area contributed by atoms with E-state index in [0.29, 0.717) is 11.1 Å². The topological polar surface area (TPSA) is 66.4 Å². The lowest BCUT2D eigenvalue weighted by molar-refractivity contribution is -0.314. The smallest absolute Gasteiger partial charge is 0.339 e. The molecule has 4 heteroatoms. The summed E-state index contributed by atoms with van der Waals surface area (Å²) in [6.45, 7) is 0. The van der Waals surface area contributed by atoms with E-state index in [9.17, 15) is 14.7 Å². The van der Waals surface area contributed by atoms with Crippen molar-refractivity contribution in [3.63, 3.8) is 0 Å². The molecule has 14 heavy (non-hydrogen) atoms. The molecule has 0 spiro atoms. The first-order valence-electron chi connectivity index (χ1n) is 4.18. The SMILES string of the molecule is O=C1O[C@H](C(=O)[O-])Cc2ccccc21. The molecule has 0 radical (unpaired) electrons. The number of carbonyl (C=O) groups is 2. The molecule has 0 bridgehead atoms. The van der Waals surface area contributed by atoms with Crippen molar-refractivity contribution in [3.05, 3.63) is 35.4 Å². The van der Waals surface area contributed by atoms with Gasteiger partial charge in [0.2, 0.25) is 0 Å². The molecule has 1 aromatic rings. The zero-order valence-electron chi connectivity index (χ0n) is 7.23. The molecule has 0 unspecified atom stereocenters. The van der Waals surface area contributed by atoms with E-state index in [1.54, 1.807) is 24.3 Å². The number of hydrogen-bond donors (Lipinski definition) is 0. The quantitative estimate of drug-likeness (QED) is 0.562. The molecule has 1 atom stereocenters. The molecule has 1 aromatic carbocycles. The first-order chi connectivity index (χ1) is 6.68. The van der Waals surface area contributed by atoms with Crippen molar-refractivity contribution >= 4 is 11.9 Å². The Balaban J connectivity index is 2.38. The third-order valence-electron chi connectivity index (χ3n) is 2.15. The first-order valence-corrected chi connectivity index (χ1v) is 4.18. The highest BCUT2D eigenvalue weighted by Gasteiger charge is 2.26. The zero-order chi connectivity index (χ0) is 10.1. The predicted molar refractivity (Wildman–Crippen MR) is 44.4 cm³/mol. The number of ether oxygens (including phenoxy) is 1. The summed E-state index contributed by atoms with van der Waals surface area (Å²) in [5.74, 6) is -1.95. The number of cyclic esters (lactones) is 1. The van der Waals surface area contributed by atoms with Gasteiger partial charge >= 0.3 is 5.97 Å². The minimum atomic E-state index is -1.35. The van der Waals surface area contributed by atoms with E-state index in [0.717, 1.165) is 0 Å². The maximum Gasteiger partial charge on any atom is 0.339 e. The van der Waals surface area contributed by atoms with Crippen LogP contribution in [-0.2, 0) is 16.0 Å². The first kappa shape index (κ1) is 8.74. The van der Waals surface area contributed by atoms with Crippen molar-refractivity contribution in [1.82, 2.24) is 0 Å². The van der Waals surface area contributed by atoms with Crippen molar-refractivity contribution in [3.8, 4) is 0 Å². The summed E-state index contributed by atoms with van der Waals surface area (Å²) < 4.78 is 4.67. The summed E-state index contributed by atoms with van der Waals surface area (Å²) in [5.41, 5.74) is 1.13. The van der Waals surface area contributed by atoms with Gasteiger partial charge in [-0.25, -0.2) is 4.79 Å². The molecule has 1 heterocycles. The van der Waals surface area contributed by atoms with Crippen molar-refractivity contribution in [2.45, 2.75) is 12.5 Å². The van der Waals surface area contributed by atoms with Crippen LogP contribution in [0.2, 0.25) is 0 Å². The molecule has 4 nitrogen and oxygen atoms in total. The van der Waals surface area contributed by atoms with Gasteiger partial charge in [0.05, 0.1) is 11.5 Å². The van der Waals surface area contributed by atoms with Crippen molar-refractivity contribution in [2.75, 3.05) is 0 Å². The second kappa shape index (κ2) is 3.14. The number of aliphatic carboxylic acids is 1. The molecule has 72 valence electrons. The molecule has 0 fully saturated rings. The highest BCUT2D eigenvalue weighted by atomic mass is 16.6. The molecule has 0 N–H and O–H groups in total. The largest absolute Gasteiger partial charge is 0.546 e. The van der Waals surface area contributed by atoms with Crippen LogP contribution >= 0.6 is 0 Å². The van der Waals surface area contributed by atoms with E-state index >= 15 is 0 Å². The Labute approximate surface area is 80.1 Å². The summed E-state index contributed by atoms with van der Waals surface area (Å²) >= 11 is 0. The number of fused-ring (bicyclic) bond motifs is 1. The lowest BCUT2D eigenvalue weighted by Gasteiger charge is -2.24. The number of hydrogen-bond acceptors (Lipinski definition) is 4. The fourth-order valence-corrected chi connectivity index (χ4v) is 1.46. The second-order valence-corrected chi connectivity index (χ2v) is 3.07. The van der Waals surface area contributed by atoms with E-state index in [4.69, 9.17) is 0 Å². The van der Waals surface area contributed by atoms with Gasteiger partial charge in [-0.1, -0.05) is 18.2 Å². The van der Waals surface area contributed by atoms with Crippen LogP contribution in [0.3, 0.4) is 0 Å². The standard InChI is InChI=1S/C10H8O4/c11-9(12)8-5-6-3-1-2-4-7(6)10(13)14-8/h1-4,8H,5H2,(H,11,12)/p-1/t8-/m0/s1. The normalized spacial score (nSPS) is 19.7. The van der Waals surface area contributed by atoms with Crippen molar-refractivity contribution in [2.24, 2.45) is 0 Å². The minimum Gasteiger partial charge on any atom is -0.546 e. The molecule has 0 saturated heterocycles. The molecule has 0 aromatic heterocycles. The van der Waals surface area contributed by atoms with Crippen LogP contribution in [0.5, 0.6) is 0 Å². The number of esters is 1. The number of carboxylic acid groups (broad SMARTS) is 1. The maximum atomic E-state index is 11.3. The number of benzene rings is 1. The fourth-order valence-electron chi connectivity index (χ4n) is 1.46. The van der Waals surface area contributed by atoms with Gasteiger partial charge < -0.3 is 14.6 Å². The summed E-state index contributed by atoms with van der Waals surface area (Å²) in [5, 5.41) is 10.5. The average molecular weight is 191 g/mol. The lowest BCUT2D eigenvalue weighted by atomic mass is 9.99. The summed E-state index contributed by atoms with van der Waals surface area (Å²) in [6, 6.07) is 6.79. The molecular weight excluding hydrogens is 184 g/mol. The van der Waals surface area contributed by atoms with Crippen molar-refractivity contribution in [1.29, 1.82) is 0 Å². The molecular formula is C10H7O4-. The van der Waals surface area contributed by atoms with Gasteiger partial charge in [0.25, 0.3) is 0 Å². The van der Waals surface area contributed by atoms with Gasteiger partial charge in [-0.2, -0.15) is 0 Å². The highest BCUT2D eigenvalue weighted by molar-refractivity contribution is 5.94. The van der Waals surface area contributed by atoms with Gasteiger partial charge in [-0.3, -0.25) is 0 Å². The Bertz CT molecular complexity index is 397. The third-order valence-corrected chi connectivity index (χ3v) is 2.15. The van der Waals surface area contributed by atoms with E-state index < -0.39 is 18.0 Å². The summed E-state index contributed by atoms with van der Waals surface area (Å²) in [4.78, 5) is 21.8. The van der Waals surface area contributed by atoms with Crippen LogP contribution in [-0.4, -0.2) is 18.0 Å². The van der Waals surface area contributed by atoms with Gasteiger partial charge in [0.1, 0.15) is 6.10 Å². The maximum absolute atomic E-state index is 11.3. The van der Waals surface area contributed by atoms with Gasteiger partial charge in [-0.05, 0) is 11.6 Å². The average Bonchev–Trinajstić information content (AvgIpc) is 2.17. The van der Waals surface area contributed by atoms with E-state index in [-0.39, 0.29) is 6.42 Å². The highest BCUT2D eigenvalue weighted by Crippen LogP contribution is 2.19. The van der Waals surface area contributed by atoms with Crippen LogP contribution in [0.15, 0.2) is 24.3 Å². The van der Waals surface area contributed by atoms with Crippen LogP contribution in [0.25, 0.3) is 0 Å². The second-order valence-electron chi connectivity index (χ2n) is 3.07. The number of carboxylic acids is 1. The van der Waals surface area contributed by atoms with Crippen LogP contribution in [0, 0.1) is 0 Å². The Morgan fingerprint density at radius 1 is 1.43 bits per heavy atom. The third kappa shape index (κ3) is 1.35. The molecule has 2 rings (SSSR count). The van der Waals surface area contributed by atoms with Crippen LogP contribution in [0.1, 0.15) is 15.9 Å². The summed E-state index contributed by atoms with van der Waals surface area (Å²) in [6.07, 6.45) is -0.970. The Kier molecular flexibility index (Phi) is 1.96. The Hall–Kier alpha value is -1.84. The van der Waals surface area contributed by atoms with E-state index in [1.165, 1.54) is 0 Å². The zero-order valence-corrected chi connectivity index (χ0v) is 7.23. The van der Waals surface area contributed by atoms with Crippen molar-refractivity contribution < 1.29 is 19.4 Å². The molecule has 1 aliphatic heterocycles. The van der Waals surface area contributed by atoms with Gasteiger partial charge in [-0.15, -0.1) is 0 Å². The van der Waals surface area contributed by atoms with E-state index in [2.05, 4.69) is 4.74 Å². The number of carbonyl (C=O) groups excluding carboxylic acids is 2. The van der Waals surface area contributed by atoms with Crippen LogP contribution < -0.4 is 5.11 Å². The molecule has 0 saturated carbocycles. The lowest BCUT2D eigenvalue weighted by Crippen LogP contribution is -2.42. The molecule has 0 amide bonds. The number of rotatable bonds is 1. The van der Waals surface area contributed by atoms with Crippen LogP contribution in [0.4, 0.5) is 0 Å². The predicted octanol–water partition coefficient (Wildman–Crippen LogP) is -0.482. The van der Waals surface area contributed by atoms with E-state index in [1.807, 2.05) is 0 Å². The Morgan fingerprint density at radius 2 is 2.14 bits per heavy atom. The minimum absolute atomic E-state index is 0.185. The Morgan fingerprint density at radius 3 is 2.86 bits per heavy atom. The molecule has 0 aliphatic carbocycles. The molecule has 1 aliphatic rings. The van der Waals surface area contributed by atoms with Gasteiger partial charge in [0.15, 0.2) is 0 Å². The summed E-state index contributed by atoms with van der Waals surface area (Å²) in [7, 11) is 0.